The summed E-state index contributed by atoms with van der Waals surface area (Å²) < 4.78 is 0. The van der Waals surface area contributed by atoms with Crippen LogP contribution in [0.1, 0.15) is 34.1 Å². The van der Waals surface area contributed by atoms with E-state index in [4.69, 9.17) is 5.84 Å². The molecule has 80 valence electrons. The maximum absolute atomic E-state index is 9.86. The summed E-state index contributed by atoms with van der Waals surface area (Å²) in [7, 11) is 0. The molecule has 0 fully saturated rings. The van der Waals surface area contributed by atoms with Crippen molar-refractivity contribution in [3.05, 3.63) is 0 Å². The van der Waals surface area contributed by atoms with Crippen molar-refractivity contribution in [1.82, 2.24) is 5.01 Å². The molecule has 1 atom stereocenters. The zero-order chi connectivity index (χ0) is 10.9. The molecule has 1 rings (SSSR count). The largest absolute Gasteiger partial charge is 0.367 e. The van der Waals surface area contributed by atoms with Crippen molar-refractivity contribution in [3.63, 3.8) is 0 Å². The fourth-order valence-electron chi connectivity index (χ4n) is 1.28. The van der Waals surface area contributed by atoms with Crippen molar-refractivity contribution in [2.75, 3.05) is 0 Å². The van der Waals surface area contributed by atoms with E-state index >= 15 is 0 Å². The van der Waals surface area contributed by atoms with E-state index in [0.717, 1.165) is 0 Å². The van der Waals surface area contributed by atoms with E-state index in [1.807, 2.05) is 27.7 Å². The van der Waals surface area contributed by atoms with Gasteiger partial charge in [-0.3, -0.25) is 5.01 Å². The molecule has 0 bridgehead atoms. The van der Waals surface area contributed by atoms with Crippen molar-refractivity contribution >= 4 is 11.5 Å². The van der Waals surface area contributed by atoms with Gasteiger partial charge in [0.05, 0.1) is 5.71 Å². The molecule has 5 heteroatoms. The Balaban J connectivity index is 3.00. The van der Waals surface area contributed by atoms with Crippen LogP contribution in [0.2, 0.25) is 0 Å². The maximum atomic E-state index is 9.86. The van der Waals surface area contributed by atoms with Crippen molar-refractivity contribution < 1.29 is 5.11 Å². The highest BCUT2D eigenvalue weighted by atomic mass is 16.3. The number of hydrogen-bond acceptors (Lipinski definition) is 5. The molecule has 1 heterocycles. The Kier molecular flexibility index (Phi) is 2.92. The van der Waals surface area contributed by atoms with Gasteiger partial charge in [-0.15, -0.1) is 5.10 Å². The minimum Gasteiger partial charge on any atom is -0.367 e. The molecule has 0 spiro atoms. The fourth-order valence-corrected chi connectivity index (χ4v) is 1.28. The summed E-state index contributed by atoms with van der Waals surface area (Å²) in [5.41, 5.74) is 0.372. The van der Waals surface area contributed by atoms with Crippen molar-refractivity contribution in [2.45, 2.75) is 40.3 Å². The van der Waals surface area contributed by atoms with Crippen LogP contribution in [0.25, 0.3) is 0 Å². The first-order valence-electron chi connectivity index (χ1n) is 4.74. The summed E-state index contributed by atoms with van der Waals surface area (Å²) in [6.07, 6.45) is -0.198. The third-order valence-corrected chi connectivity index (χ3v) is 2.16. The Hall–Kier alpha value is -0.940. The van der Waals surface area contributed by atoms with Crippen molar-refractivity contribution in [3.8, 4) is 0 Å². The predicted octanol–water partition coefficient (Wildman–Crippen LogP) is 0.705. The first kappa shape index (κ1) is 11.1. The van der Waals surface area contributed by atoms with Crippen LogP contribution in [0.15, 0.2) is 10.2 Å². The van der Waals surface area contributed by atoms with Crippen LogP contribution >= 0.6 is 0 Å². The van der Waals surface area contributed by atoms with Crippen molar-refractivity contribution in [2.24, 2.45) is 21.5 Å². The molecule has 0 saturated carbocycles. The number of amidine groups is 1. The Bertz CT molecular complexity index is 277. The Labute approximate surface area is 84.3 Å². The van der Waals surface area contributed by atoms with E-state index in [9.17, 15) is 5.11 Å². The van der Waals surface area contributed by atoms with Crippen molar-refractivity contribution in [1.29, 1.82) is 0 Å². The lowest BCUT2D eigenvalue weighted by molar-refractivity contribution is 0.101. The van der Waals surface area contributed by atoms with E-state index in [-0.39, 0.29) is 5.41 Å². The second-order valence-corrected chi connectivity index (χ2v) is 4.39. The van der Waals surface area contributed by atoms with Gasteiger partial charge in [0.1, 0.15) is 5.84 Å². The van der Waals surface area contributed by atoms with Crippen LogP contribution in [-0.4, -0.2) is 27.9 Å². The topological polar surface area (TPSA) is 74.2 Å². The van der Waals surface area contributed by atoms with E-state index in [2.05, 4.69) is 10.2 Å². The van der Waals surface area contributed by atoms with Gasteiger partial charge in [-0.1, -0.05) is 27.7 Å². The zero-order valence-electron chi connectivity index (χ0n) is 9.15. The molecule has 0 aromatic heterocycles. The number of aliphatic hydroxyl groups is 1. The highest BCUT2D eigenvalue weighted by Gasteiger charge is 2.33. The Morgan fingerprint density at radius 1 is 1.43 bits per heavy atom. The first-order valence-corrected chi connectivity index (χ1v) is 4.74. The van der Waals surface area contributed by atoms with Crippen LogP contribution in [0.3, 0.4) is 0 Å². The smallest absolute Gasteiger partial charge is 0.183 e. The van der Waals surface area contributed by atoms with Gasteiger partial charge in [-0.05, 0) is 0 Å². The number of nitrogens with two attached hydrogens (primary N) is 1. The summed E-state index contributed by atoms with van der Waals surface area (Å²) in [6, 6.07) is 0. The summed E-state index contributed by atoms with van der Waals surface area (Å²) in [5.74, 6) is 6.29. The van der Waals surface area contributed by atoms with Gasteiger partial charge in [0.2, 0.25) is 0 Å². The van der Waals surface area contributed by atoms with Gasteiger partial charge < -0.3 is 5.11 Å². The summed E-state index contributed by atoms with van der Waals surface area (Å²) >= 11 is 0. The van der Waals surface area contributed by atoms with Gasteiger partial charge >= 0.3 is 0 Å². The van der Waals surface area contributed by atoms with Gasteiger partial charge in [0.15, 0.2) is 6.23 Å². The standard InChI is InChI=1S/C9H18N4O/c1-5-6-11-12-7(9(2,3)4)8(14)13(6)10/h8,14H,5,10H2,1-4H3. The lowest BCUT2D eigenvalue weighted by Gasteiger charge is -2.34. The van der Waals surface area contributed by atoms with Crippen LogP contribution < -0.4 is 5.84 Å². The van der Waals surface area contributed by atoms with E-state index in [0.29, 0.717) is 18.0 Å². The van der Waals surface area contributed by atoms with Gasteiger partial charge in [0, 0.05) is 11.8 Å². The summed E-state index contributed by atoms with van der Waals surface area (Å²) in [6.45, 7) is 7.82. The molecule has 0 radical (unpaired) electrons. The number of hydrogen-bond donors (Lipinski definition) is 2. The van der Waals surface area contributed by atoms with Gasteiger partial charge in [-0.25, -0.2) is 5.84 Å². The number of hydrazine groups is 1. The molecule has 0 aromatic carbocycles. The van der Waals surface area contributed by atoms with Gasteiger partial charge in [-0.2, -0.15) is 5.10 Å². The van der Waals surface area contributed by atoms with Gasteiger partial charge in [0.25, 0.3) is 0 Å². The summed E-state index contributed by atoms with van der Waals surface area (Å²) in [5, 5.41) is 19.1. The van der Waals surface area contributed by atoms with E-state index < -0.39 is 6.23 Å². The van der Waals surface area contributed by atoms with Crippen LogP contribution in [0.4, 0.5) is 0 Å². The minimum atomic E-state index is -0.859. The Morgan fingerprint density at radius 3 is 2.43 bits per heavy atom. The second kappa shape index (κ2) is 3.67. The lowest BCUT2D eigenvalue weighted by Crippen LogP contribution is -2.54. The lowest BCUT2D eigenvalue weighted by atomic mass is 9.88. The maximum Gasteiger partial charge on any atom is 0.183 e. The predicted molar refractivity (Wildman–Crippen MR) is 56.6 cm³/mol. The van der Waals surface area contributed by atoms with E-state index in [1.54, 1.807) is 0 Å². The molecule has 14 heavy (non-hydrogen) atoms. The third kappa shape index (κ3) is 1.93. The average molecular weight is 198 g/mol. The minimum absolute atomic E-state index is 0.222. The molecule has 3 N–H and O–H groups in total. The molecule has 1 aliphatic heterocycles. The molecule has 1 unspecified atom stereocenters. The molecular weight excluding hydrogens is 180 g/mol. The highest BCUT2D eigenvalue weighted by Crippen LogP contribution is 2.22. The normalized spacial score (nSPS) is 23.3. The molecule has 5 nitrogen and oxygen atoms in total. The fraction of sp³-hybridized carbons (Fsp3) is 0.778. The average Bonchev–Trinajstić information content (AvgIpc) is 2.07. The van der Waals surface area contributed by atoms with E-state index in [1.165, 1.54) is 5.01 Å². The molecule has 1 aliphatic rings. The monoisotopic (exact) mass is 198 g/mol. The molecule has 0 amide bonds. The SMILES string of the molecule is CCC1=NN=C(C(C)(C)C)C(O)N1N. The molecule has 0 aromatic rings. The van der Waals surface area contributed by atoms with Crippen LogP contribution in [0, 0.1) is 5.41 Å². The van der Waals surface area contributed by atoms with Crippen LogP contribution in [-0.2, 0) is 0 Å². The number of rotatable bonds is 1. The quantitative estimate of drug-likeness (QED) is 0.609. The number of nitrogens with zero attached hydrogens (tertiary/aromatic N) is 3. The zero-order valence-corrected chi connectivity index (χ0v) is 9.15. The molecule has 0 saturated heterocycles. The first-order chi connectivity index (χ1) is 6.38. The highest BCUT2D eigenvalue weighted by molar-refractivity contribution is 5.98. The third-order valence-electron chi connectivity index (χ3n) is 2.16. The van der Waals surface area contributed by atoms with Crippen LogP contribution in [0.5, 0.6) is 0 Å². The summed E-state index contributed by atoms with van der Waals surface area (Å²) in [4.78, 5) is 0. The molecule has 0 aliphatic carbocycles. The number of aliphatic hydroxyl groups excluding tert-OH is 1. The second-order valence-electron chi connectivity index (χ2n) is 4.39. The Morgan fingerprint density at radius 2 is 2.00 bits per heavy atom. The molecular formula is C9H18N4O.